The predicted octanol–water partition coefficient (Wildman–Crippen LogP) is 6.61. The summed E-state index contributed by atoms with van der Waals surface area (Å²) in [6.07, 6.45) is 3.06. The molecule has 0 N–H and O–H groups in total. The van der Waals surface area contributed by atoms with Crippen molar-refractivity contribution >= 4 is 40.9 Å². The Morgan fingerprint density at radius 1 is 1.05 bits per heavy atom. The van der Waals surface area contributed by atoms with Crippen molar-refractivity contribution in [2.45, 2.75) is 25.0 Å². The van der Waals surface area contributed by atoms with Crippen LogP contribution in [-0.2, 0) is 4.75 Å². The second-order valence-electron chi connectivity index (χ2n) is 5.62. The highest BCUT2D eigenvalue weighted by molar-refractivity contribution is 14.2. The first-order chi connectivity index (χ1) is 10.7. The van der Waals surface area contributed by atoms with E-state index in [-0.39, 0.29) is 4.75 Å². The van der Waals surface area contributed by atoms with E-state index in [2.05, 4.69) is 89.7 Å². The van der Waals surface area contributed by atoms with Crippen molar-refractivity contribution in [2.24, 2.45) is 0 Å². The molecule has 3 rings (SSSR count). The number of hydrogen-bond acceptors (Lipinski definition) is 2. The van der Waals surface area contributed by atoms with Gasteiger partial charge in [-0.25, -0.2) is 0 Å². The fourth-order valence-corrected chi connectivity index (χ4v) is 4.70. The standard InChI is InChI=1S/C19H18INS/c1-3-19(2,22-20)17-11-7-6-10-16(17)18-12-14-8-4-5-9-15(14)13-21-18/h4-13H,3H2,1-2H3. The molecule has 0 aliphatic rings. The molecule has 0 saturated carbocycles. The highest BCUT2D eigenvalue weighted by Crippen LogP contribution is 2.46. The molecule has 0 spiro atoms. The molecule has 1 aromatic heterocycles. The van der Waals surface area contributed by atoms with Crippen LogP contribution in [0.4, 0.5) is 0 Å². The normalized spacial score (nSPS) is 14.0. The monoisotopic (exact) mass is 419 g/mol. The second kappa shape index (κ2) is 6.59. The lowest BCUT2D eigenvalue weighted by Gasteiger charge is -2.27. The van der Waals surface area contributed by atoms with Crippen LogP contribution in [0.2, 0.25) is 0 Å². The van der Waals surface area contributed by atoms with Gasteiger partial charge in [-0.05, 0) is 51.6 Å². The third kappa shape index (κ3) is 2.88. The average Bonchev–Trinajstić information content (AvgIpc) is 2.60. The van der Waals surface area contributed by atoms with Crippen LogP contribution in [0.1, 0.15) is 25.8 Å². The molecule has 0 fully saturated rings. The Hall–Kier alpha value is -1.07. The highest BCUT2D eigenvalue weighted by atomic mass is 127. The predicted molar refractivity (Wildman–Crippen MR) is 106 cm³/mol. The van der Waals surface area contributed by atoms with Crippen molar-refractivity contribution in [3.8, 4) is 11.3 Å². The molecular weight excluding hydrogens is 401 g/mol. The Kier molecular flexibility index (Phi) is 4.73. The summed E-state index contributed by atoms with van der Waals surface area (Å²) < 4.78 is 0.102. The molecule has 1 atom stereocenters. The maximum Gasteiger partial charge on any atom is 0.0711 e. The van der Waals surface area contributed by atoms with Gasteiger partial charge in [0.2, 0.25) is 0 Å². The Balaban J connectivity index is 2.18. The quantitative estimate of drug-likeness (QED) is 0.442. The maximum absolute atomic E-state index is 4.71. The van der Waals surface area contributed by atoms with Crippen molar-refractivity contribution in [1.29, 1.82) is 0 Å². The Morgan fingerprint density at radius 2 is 1.73 bits per heavy atom. The molecule has 0 radical (unpaired) electrons. The zero-order valence-corrected chi connectivity index (χ0v) is 15.7. The van der Waals surface area contributed by atoms with Crippen molar-refractivity contribution in [2.75, 3.05) is 0 Å². The number of rotatable bonds is 4. The van der Waals surface area contributed by atoms with Crippen LogP contribution in [-0.4, -0.2) is 4.98 Å². The van der Waals surface area contributed by atoms with Crippen LogP contribution in [0.3, 0.4) is 0 Å². The first-order valence-corrected chi connectivity index (χ1v) is 10.8. The molecule has 0 aliphatic carbocycles. The van der Waals surface area contributed by atoms with Gasteiger partial charge in [0.1, 0.15) is 0 Å². The lowest BCUT2D eigenvalue weighted by atomic mass is 9.91. The van der Waals surface area contributed by atoms with Crippen LogP contribution >= 0.6 is 30.1 Å². The van der Waals surface area contributed by atoms with E-state index in [4.69, 9.17) is 4.98 Å². The van der Waals surface area contributed by atoms with Crippen molar-refractivity contribution < 1.29 is 0 Å². The minimum atomic E-state index is 0.102. The van der Waals surface area contributed by atoms with Crippen LogP contribution in [0.25, 0.3) is 22.0 Å². The van der Waals surface area contributed by atoms with Gasteiger partial charge >= 0.3 is 0 Å². The number of fused-ring (bicyclic) bond motifs is 1. The second-order valence-corrected chi connectivity index (χ2v) is 8.00. The highest BCUT2D eigenvalue weighted by Gasteiger charge is 2.27. The first kappa shape index (κ1) is 15.8. The molecule has 1 nitrogen and oxygen atoms in total. The van der Waals surface area contributed by atoms with Gasteiger partial charge in [0.05, 0.1) is 5.69 Å². The number of pyridine rings is 1. The number of benzene rings is 2. The summed E-state index contributed by atoms with van der Waals surface area (Å²) in [5, 5.41) is 2.42. The zero-order chi connectivity index (χ0) is 15.6. The lowest BCUT2D eigenvalue weighted by Crippen LogP contribution is -2.15. The van der Waals surface area contributed by atoms with Crippen molar-refractivity contribution in [1.82, 2.24) is 4.98 Å². The molecule has 3 heteroatoms. The van der Waals surface area contributed by atoms with Gasteiger partial charge < -0.3 is 0 Å². The first-order valence-electron chi connectivity index (χ1n) is 7.42. The summed E-state index contributed by atoms with van der Waals surface area (Å²) in [7, 11) is 1.88. The molecule has 22 heavy (non-hydrogen) atoms. The summed E-state index contributed by atoms with van der Waals surface area (Å²) in [6.45, 7) is 4.56. The van der Waals surface area contributed by atoms with Gasteiger partial charge in [-0.3, -0.25) is 4.98 Å². The average molecular weight is 419 g/mol. The van der Waals surface area contributed by atoms with Gasteiger partial charge in [0.25, 0.3) is 0 Å². The maximum atomic E-state index is 4.71. The molecule has 3 aromatic rings. The molecule has 112 valence electrons. The Morgan fingerprint density at radius 3 is 2.45 bits per heavy atom. The summed E-state index contributed by atoms with van der Waals surface area (Å²) in [6, 6.07) is 19.2. The smallest absolute Gasteiger partial charge is 0.0711 e. The summed E-state index contributed by atoms with van der Waals surface area (Å²) in [5.74, 6) is 0. The summed E-state index contributed by atoms with van der Waals surface area (Å²) in [4.78, 5) is 4.71. The van der Waals surface area contributed by atoms with E-state index in [0.29, 0.717) is 0 Å². The molecular formula is C19H18INS. The molecule has 2 aromatic carbocycles. The molecule has 1 heterocycles. The fourth-order valence-electron chi connectivity index (χ4n) is 2.69. The Labute approximate surface area is 148 Å². The van der Waals surface area contributed by atoms with E-state index in [1.807, 2.05) is 15.1 Å². The van der Waals surface area contributed by atoms with E-state index in [1.54, 1.807) is 0 Å². The molecule has 0 bridgehead atoms. The van der Waals surface area contributed by atoms with E-state index >= 15 is 0 Å². The molecule has 0 amide bonds. The molecule has 0 saturated heterocycles. The van der Waals surface area contributed by atoms with Gasteiger partial charge in [-0.1, -0.05) is 64.4 Å². The number of aromatic nitrogens is 1. The topological polar surface area (TPSA) is 12.9 Å². The van der Waals surface area contributed by atoms with Gasteiger partial charge in [0, 0.05) is 21.9 Å². The van der Waals surface area contributed by atoms with Gasteiger partial charge in [-0.15, -0.1) is 0 Å². The van der Waals surface area contributed by atoms with Crippen molar-refractivity contribution in [3.63, 3.8) is 0 Å². The third-order valence-electron chi connectivity index (χ3n) is 4.25. The van der Waals surface area contributed by atoms with Crippen LogP contribution in [0, 0.1) is 0 Å². The van der Waals surface area contributed by atoms with Crippen LogP contribution in [0.15, 0.2) is 60.8 Å². The number of hydrogen-bond donors (Lipinski definition) is 0. The largest absolute Gasteiger partial charge is 0.256 e. The molecule has 1 unspecified atom stereocenters. The van der Waals surface area contributed by atoms with E-state index in [1.165, 1.54) is 21.9 Å². The molecule has 0 aliphatic heterocycles. The van der Waals surface area contributed by atoms with E-state index < -0.39 is 0 Å². The summed E-state index contributed by atoms with van der Waals surface area (Å²) in [5.41, 5.74) is 3.65. The van der Waals surface area contributed by atoms with Crippen LogP contribution < -0.4 is 0 Å². The lowest BCUT2D eigenvalue weighted by molar-refractivity contribution is 0.672. The SMILES string of the molecule is CCC(C)(SI)c1ccccc1-c1cc2ccccc2cn1. The third-order valence-corrected chi connectivity index (χ3v) is 8.01. The van der Waals surface area contributed by atoms with Crippen molar-refractivity contribution in [3.05, 3.63) is 66.4 Å². The zero-order valence-electron chi connectivity index (χ0n) is 12.7. The minimum Gasteiger partial charge on any atom is -0.256 e. The summed E-state index contributed by atoms with van der Waals surface area (Å²) >= 11 is 2.42. The van der Waals surface area contributed by atoms with Crippen LogP contribution in [0.5, 0.6) is 0 Å². The van der Waals surface area contributed by atoms with E-state index in [9.17, 15) is 0 Å². The number of halogens is 1. The van der Waals surface area contributed by atoms with Gasteiger partial charge in [0.15, 0.2) is 0 Å². The fraction of sp³-hybridized carbons (Fsp3) is 0.211. The Bertz CT molecular complexity index is 796. The number of nitrogens with zero attached hydrogens (tertiary/aromatic N) is 1. The van der Waals surface area contributed by atoms with E-state index in [0.717, 1.165) is 12.1 Å². The van der Waals surface area contributed by atoms with Gasteiger partial charge in [-0.2, -0.15) is 0 Å². The minimum absolute atomic E-state index is 0.102.